The molecule has 0 bridgehead atoms. The summed E-state index contributed by atoms with van der Waals surface area (Å²) in [7, 11) is 0. The van der Waals surface area contributed by atoms with E-state index in [1.54, 1.807) is 23.1 Å². The van der Waals surface area contributed by atoms with Gasteiger partial charge in [0.05, 0.1) is 18.0 Å². The van der Waals surface area contributed by atoms with E-state index in [-0.39, 0.29) is 0 Å². The molecule has 0 saturated heterocycles. The summed E-state index contributed by atoms with van der Waals surface area (Å²) in [6.07, 6.45) is 7.90. The second-order valence-electron chi connectivity index (χ2n) is 6.29. The van der Waals surface area contributed by atoms with Gasteiger partial charge in [-0.15, -0.1) is 5.10 Å². The summed E-state index contributed by atoms with van der Waals surface area (Å²) < 4.78 is 3.49. The molecule has 0 aliphatic heterocycles. The number of nitrogens with zero attached hydrogens (tertiary/aromatic N) is 8. The molecule has 4 rings (SSSR count). The van der Waals surface area contributed by atoms with Crippen LogP contribution in [-0.2, 0) is 6.54 Å². The van der Waals surface area contributed by atoms with Gasteiger partial charge in [0, 0.05) is 48.2 Å². The summed E-state index contributed by atoms with van der Waals surface area (Å²) in [5.41, 5.74) is 3.69. The van der Waals surface area contributed by atoms with Gasteiger partial charge in [0.1, 0.15) is 11.8 Å². The van der Waals surface area contributed by atoms with Crippen molar-refractivity contribution in [2.75, 3.05) is 11.9 Å². The number of aryl methyl sites for hydroxylation is 1. The van der Waals surface area contributed by atoms with E-state index in [1.807, 2.05) is 23.9 Å². The molecular formula is C19H19N9. The van der Waals surface area contributed by atoms with Crippen molar-refractivity contribution in [3.05, 3.63) is 42.5 Å². The minimum absolute atomic E-state index is 0.499. The molecule has 0 aliphatic rings. The largest absolute Gasteiger partial charge is 0.385 e. The van der Waals surface area contributed by atoms with Crippen LogP contribution in [0.25, 0.3) is 28.1 Å². The van der Waals surface area contributed by atoms with Crippen molar-refractivity contribution in [2.45, 2.75) is 26.8 Å². The second-order valence-corrected chi connectivity index (χ2v) is 6.29. The summed E-state index contributed by atoms with van der Waals surface area (Å²) in [5, 5.41) is 26.0. The van der Waals surface area contributed by atoms with Gasteiger partial charge < -0.3 is 5.32 Å². The Kier molecular flexibility index (Phi) is 4.68. The van der Waals surface area contributed by atoms with Crippen LogP contribution in [0.5, 0.6) is 0 Å². The van der Waals surface area contributed by atoms with Gasteiger partial charge in [0.25, 0.3) is 0 Å². The summed E-state index contributed by atoms with van der Waals surface area (Å²) >= 11 is 0. The normalized spacial score (nSPS) is 10.9. The van der Waals surface area contributed by atoms with Crippen molar-refractivity contribution in [1.29, 1.82) is 5.26 Å². The number of anilines is 1. The number of nitrogens with one attached hydrogen (secondary N) is 1. The predicted molar refractivity (Wildman–Crippen MR) is 105 cm³/mol. The number of hydrogen-bond acceptors (Lipinski definition) is 7. The number of aromatic nitrogens is 7. The molecule has 0 spiro atoms. The predicted octanol–water partition coefficient (Wildman–Crippen LogP) is 2.79. The number of rotatable bonds is 6. The third-order valence-corrected chi connectivity index (χ3v) is 4.28. The lowest BCUT2D eigenvalue weighted by Crippen LogP contribution is -2.05. The molecule has 0 aromatic carbocycles. The molecule has 4 heterocycles. The Labute approximate surface area is 161 Å². The van der Waals surface area contributed by atoms with E-state index in [1.165, 1.54) is 6.20 Å². The van der Waals surface area contributed by atoms with Crippen molar-refractivity contribution in [3.8, 4) is 23.1 Å². The molecule has 0 saturated carbocycles. The van der Waals surface area contributed by atoms with Crippen molar-refractivity contribution >= 4 is 16.7 Å². The summed E-state index contributed by atoms with van der Waals surface area (Å²) in [5.74, 6) is 0.632. The highest BCUT2D eigenvalue weighted by Gasteiger charge is 2.14. The number of nitriles is 1. The van der Waals surface area contributed by atoms with E-state index in [0.717, 1.165) is 41.8 Å². The Balaban J connectivity index is 1.77. The lowest BCUT2D eigenvalue weighted by molar-refractivity contribution is 0.579. The van der Waals surface area contributed by atoms with Crippen molar-refractivity contribution < 1.29 is 0 Å². The first-order chi connectivity index (χ1) is 13.7. The number of fused-ring (bicyclic) bond motifs is 1. The summed E-state index contributed by atoms with van der Waals surface area (Å²) in [4.78, 5) is 8.93. The third kappa shape index (κ3) is 3.16. The van der Waals surface area contributed by atoms with Crippen LogP contribution in [0.3, 0.4) is 0 Å². The Hall–Kier alpha value is -3.80. The van der Waals surface area contributed by atoms with Gasteiger partial charge in [0.2, 0.25) is 0 Å². The first-order valence-corrected chi connectivity index (χ1v) is 9.12. The van der Waals surface area contributed by atoms with Gasteiger partial charge >= 0.3 is 0 Å². The molecule has 0 aliphatic carbocycles. The highest BCUT2D eigenvalue weighted by molar-refractivity contribution is 5.79. The maximum Gasteiger partial charge on any atom is 0.164 e. The quantitative estimate of drug-likeness (QED) is 0.553. The number of hydrogen-bond donors (Lipinski definition) is 1. The van der Waals surface area contributed by atoms with Crippen LogP contribution in [0, 0.1) is 11.3 Å². The van der Waals surface area contributed by atoms with E-state index < -0.39 is 0 Å². The molecule has 0 atom stereocenters. The Morgan fingerprint density at radius 1 is 1.14 bits per heavy atom. The Morgan fingerprint density at radius 3 is 2.82 bits per heavy atom. The molecule has 4 aromatic heterocycles. The SMILES string of the molecule is CCCn1cc(-c2cnc(-n3ncc4cc(C#N)cnc43)cc2NCC)nn1. The van der Waals surface area contributed by atoms with E-state index >= 15 is 0 Å². The summed E-state index contributed by atoms with van der Waals surface area (Å²) in [6, 6.07) is 5.77. The van der Waals surface area contributed by atoms with E-state index in [4.69, 9.17) is 5.26 Å². The fraction of sp³-hybridized carbons (Fsp3) is 0.263. The first-order valence-electron chi connectivity index (χ1n) is 9.12. The Bertz CT molecular complexity index is 1170. The van der Waals surface area contributed by atoms with Crippen LogP contribution in [0.2, 0.25) is 0 Å². The summed E-state index contributed by atoms with van der Waals surface area (Å²) in [6.45, 7) is 5.71. The molecule has 9 heteroatoms. The van der Waals surface area contributed by atoms with Crippen molar-refractivity contribution in [3.63, 3.8) is 0 Å². The van der Waals surface area contributed by atoms with Gasteiger partial charge in [-0.3, -0.25) is 4.68 Å². The van der Waals surface area contributed by atoms with E-state index in [0.29, 0.717) is 17.0 Å². The maximum absolute atomic E-state index is 9.04. The van der Waals surface area contributed by atoms with Crippen LogP contribution < -0.4 is 5.32 Å². The highest BCUT2D eigenvalue weighted by atomic mass is 15.4. The second kappa shape index (κ2) is 7.44. The van der Waals surface area contributed by atoms with Crippen molar-refractivity contribution in [2.24, 2.45) is 0 Å². The lowest BCUT2D eigenvalue weighted by atomic mass is 10.1. The molecule has 28 heavy (non-hydrogen) atoms. The fourth-order valence-electron chi connectivity index (χ4n) is 3.01. The van der Waals surface area contributed by atoms with E-state index in [2.05, 4.69) is 43.7 Å². The average molecular weight is 373 g/mol. The minimum Gasteiger partial charge on any atom is -0.385 e. The molecule has 0 amide bonds. The van der Waals surface area contributed by atoms with Gasteiger partial charge in [-0.1, -0.05) is 12.1 Å². The maximum atomic E-state index is 9.04. The minimum atomic E-state index is 0.499. The van der Waals surface area contributed by atoms with Crippen molar-refractivity contribution in [1.82, 2.24) is 34.7 Å². The van der Waals surface area contributed by atoms with Crippen LogP contribution in [0.4, 0.5) is 5.69 Å². The number of pyridine rings is 2. The van der Waals surface area contributed by atoms with Crippen LogP contribution >= 0.6 is 0 Å². The van der Waals surface area contributed by atoms with Crippen LogP contribution in [0.15, 0.2) is 36.9 Å². The molecule has 0 unspecified atom stereocenters. The molecular weight excluding hydrogens is 354 g/mol. The molecule has 4 aromatic rings. The van der Waals surface area contributed by atoms with Crippen LogP contribution in [-0.4, -0.2) is 41.3 Å². The third-order valence-electron chi connectivity index (χ3n) is 4.28. The van der Waals surface area contributed by atoms with Crippen LogP contribution in [0.1, 0.15) is 25.8 Å². The standard InChI is InChI=1S/C19H19N9/c1-3-5-27-12-17(25-26-27)15-11-22-18(7-16(15)21-4-2)28-19-14(10-24-28)6-13(8-20)9-23-19/h6-7,9-12H,3-5H2,1-2H3,(H,21,22). The zero-order chi connectivity index (χ0) is 19.5. The van der Waals surface area contributed by atoms with Gasteiger partial charge in [-0.2, -0.15) is 15.0 Å². The fourth-order valence-corrected chi connectivity index (χ4v) is 3.01. The highest BCUT2D eigenvalue weighted by Crippen LogP contribution is 2.28. The zero-order valence-electron chi connectivity index (χ0n) is 15.7. The molecule has 0 fully saturated rings. The van der Waals surface area contributed by atoms with Gasteiger partial charge in [0.15, 0.2) is 11.5 Å². The monoisotopic (exact) mass is 373 g/mol. The topological polar surface area (TPSA) is 110 Å². The average Bonchev–Trinajstić information content (AvgIpc) is 3.35. The smallest absolute Gasteiger partial charge is 0.164 e. The van der Waals surface area contributed by atoms with Gasteiger partial charge in [-0.05, 0) is 19.4 Å². The zero-order valence-corrected chi connectivity index (χ0v) is 15.7. The van der Waals surface area contributed by atoms with E-state index in [9.17, 15) is 0 Å². The molecule has 9 nitrogen and oxygen atoms in total. The Morgan fingerprint density at radius 2 is 2.04 bits per heavy atom. The lowest BCUT2D eigenvalue weighted by Gasteiger charge is -2.11. The molecule has 140 valence electrons. The van der Waals surface area contributed by atoms with Gasteiger partial charge in [-0.25, -0.2) is 9.97 Å². The molecule has 1 N–H and O–H groups in total. The molecule has 0 radical (unpaired) electrons. The first kappa shape index (κ1) is 17.6.